The smallest absolute Gasteiger partial charge is 0.173 e. The van der Waals surface area contributed by atoms with Crippen molar-refractivity contribution >= 4 is 11.6 Å². The van der Waals surface area contributed by atoms with Gasteiger partial charge in [-0.15, -0.1) is 0 Å². The monoisotopic (exact) mass is 200 g/mol. The Morgan fingerprint density at radius 1 is 1.27 bits per heavy atom. The van der Waals surface area contributed by atoms with Crippen LogP contribution < -0.4 is 0 Å². The average molecular weight is 200 g/mol. The second-order valence-electron chi connectivity index (χ2n) is 3.77. The van der Waals surface area contributed by atoms with Gasteiger partial charge in [0.05, 0.1) is 5.92 Å². The Hall–Kier alpha value is -1.70. The summed E-state index contributed by atoms with van der Waals surface area (Å²) >= 11 is 0. The number of hydrogen-bond donors (Lipinski definition) is 0. The van der Waals surface area contributed by atoms with Crippen molar-refractivity contribution in [3.05, 3.63) is 47.5 Å². The van der Waals surface area contributed by atoms with Gasteiger partial charge in [-0.3, -0.25) is 9.59 Å². The minimum absolute atomic E-state index is 0.0242. The van der Waals surface area contributed by atoms with E-state index >= 15 is 0 Å². The van der Waals surface area contributed by atoms with Crippen LogP contribution in [0.5, 0.6) is 0 Å². The van der Waals surface area contributed by atoms with E-state index in [1.165, 1.54) is 0 Å². The number of carbonyl (C=O) groups excluding carboxylic acids is 2. The van der Waals surface area contributed by atoms with Gasteiger partial charge >= 0.3 is 0 Å². The van der Waals surface area contributed by atoms with E-state index < -0.39 is 5.92 Å². The summed E-state index contributed by atoms with van der Waals surface area (Å²) in [6, 6.07) is 8.99. The van der Waals surface area contributed by atoms with Crippen molar-refractivity contribution in [2.24, 2.45) is 5.92 Å². The quantitative estimate of drug-likeness (QED) is 0.542. The standard InChI is InChI=1S/C13H12O2/c1-9-7-8-11(12(9)14)13(15)10-5-3-2-4-6-10/h2-7,11H,8H2,1H3. The molecule has 1 unspecified atom stereocenters. The van der Waals surface area contributed by atoms with Crippen LogP contribution in [-0.2, 0) is 4.79 Å². The van der Waals surface area contributed by atoms with Crippen LogP contribution in [0.2, 0.25) is 0 Å². The molecule has 0 saturated carbocycles. The van der Waals surface area contributed by atoms with Crippen molar-refractivity contribution in [2.75, 3.05) is 0 Å². The largest absolute Gasteiger partial charge is 0.294 e. The van der Waals surface area contributed by atoms with Gasteiger partial charge in [0.25, 0.3) is 0 Å². The molecular weight excluding hydrogens is 188 g/mol. The van der Waals surface area contributed by atoms with E-state index in [0.29, 0.717) is 17.6 Å². The maximum Gasteiger partial charge on any atom is 0.173 e. The topological polar surface area (TPSA) is 34.1 Å². The van der Waals surface area contributed by atoms with Crippen molar-refractivity contribution in [2.45, 2.75) is 13.3 Å². The molecule has 2 rings (SSSR count). The van der Waals surface area contributed by atoms with Crippen LogP contribution in [0.3, 0.4) is 0 Å². The molecule has 76 valence electrons. The third kappa shape index (κ3) is 1.75. The lowest BCUT2D eigenvalue weighted by atomic mass is 9.94. The Kier molecular flexibility index (Phi) is 2.50. The molecule has 2 heteroatoms. The van der Waals surface area contributed by atoms with Crippen LogP contribution in [0.25, 0.3) is 0 Å². The Morgan fingerprint density at radius 2 is 1.93 bits per heavy atom. The van der Waals surface area contributed by atoms with Crippen molar-refractivity contribution < 1.29 is 9.59 Å². The molecule has 0 aromatic heterocycles. The molecule has 15 heavy (non-hydrogen) atoms. The summed E-state index contributed by atoms with van der Waals surface area (Å²) in [6.07, 6.45) is 2.40. The molecule has 0 fully saturated rings. The summed E-state index contributed by atoms with van der Waals surface area (Å²) in [5.74, 6) is -0.565. The highest BCUT2D eigenvalue weighted by Crippen LogP contribution is 2.24. The molecule has 0 aliphatic heterocycles. The number of Topliss-reactive ketones (excluding diaryl/α,β-unsaturated/α-hetero) is 2. The van der Waals surface area contributed by atoms with Gasteiger partial charge in [0, 0.05) is 5.56 Å². The highest BCUT2D eigenvalue weighted by Gasteiger charge is 2.31. The van der Waals surface area contributed by atoms with Crippen LogP contribution in [0.4, 0.5) is 0 Å². The van der Waals surface area contributed by atoms with Gasteiger partial charge in [-0.05, 0) is 18.9 Å². The molecule has 1 aromatic rings. The Bertz CT molecular complexity index is 429. The lowest BCUT2D eigenvalue weighted by molar-refractivity contribution is -0.117. The molecule has 1 aliphatic rings. The molecule has 0 amide bonds. The van der Waals surface area contributed by atoms with Crippen molar-refractivity contribution in [1.82, 2.24) is 0 Å². The molecular formula is C13H12O2. The maximum atomic E-state index is 11.9. The average Bonchev–Trinajstić information content (AvgIpc) is 2.60. The van der Waals surface area contributed by atoms with E-state index in [-0.39, 0.29) is 11.6 Å². The summed E-state index contributed by atoms with van der Waals surface area (Å²) in [5, 5.41) is 0. The zero-order valence-corrected chi connectivity index (χ0v) is 8.57. The first-order valence-electron chi connectivity index (χ1n) is 5.00. The highest BCUT2D eigenvalue weighted by molar-refractivity contribution is 6.17. The van der Waals surface area contributed by atoms with Crippen LogP contribution in [0, 0.1) is 5.92 Å². The minimum atomic E-state index is -0.479. The van der Waals surface area contributed by atoms with E-state index in [1.807, 2.05) is 24.3 Å². The first-order valence-corrected chi connectivity index (χ1v) is 5.00. The Balaban J connectivity index is 2.21. The van der Waals surface area contributed by atoms with Crippen molar-refractivity contribution in [3.8, 4) is 0 Å². The molecule has 1 aliphatic carbocycles. The lowest BCUT2D eigenvalue weighted by Crippen LogP contribution is -2.20. The summed E-state index contributed by atoms with van der Waals surface area (Å²) in [4.78, 5) is 23.6. The molecule has 0 N–H and O–H groups in total. The van der Waals surface area contributed by atoms with Crippen molar-refractivity contribution in [3.63, 3.8) is 0 Å². The second kappa shape index (κ2) is 3.81. The number of ketones is 2. The van der Waals surface area contributed by atoms with Crippen LogP contribution in [0.1, 0.15) is 23.7 Å². The molecule has 1 aromatic carbocycles. The predicted octanol–water partition coefficient (Wildman–Crippen LogP) is 2.40. The summed E-state index contributed by atoms with van der Waals surface area (Å²) in [7, 11) is 0. The lowest BCUT2D eigenvalue weighted by Gasteiger charge is -2.07. The number of allylic oxidation sites excluding steroid dienone is 2. The molecule has 0 radical (unpaired) electrons. The number of hydrogen-bond acceptors (Lipinski definition) is 2. The van der Waals surface area contributed by atoms with E-state index in [4.69, 9.17) is 0 Å². The zero-order chi connectivity index (χ0) is 10.8. The van der Waals surface area contributed by atoms with Crippen molar-refractivity contribution in [1.29, 1.82) is 0 Å². The first kappa shape index (κ1) is 9.84. The molecule has 0 saturated heterocycles. The predicted molar refractivity (Wildman–Crippen MR) is 57.6 cm³/mol. The van der Waals surface area contributed by atoms with Gasteiger partial charge < -0.3 is 0 Å². The third-order valence-electron chi connectivity index (χ3n) is 2.74. The molecule has 0 spiro atoms. The molecule has 0 bridgehead atoms. The Labute approximate surface area is 88.6 Å². The molecule has 0 heterocycles. The van der Waals surface area contributed by atoms with E-state index in [9.17, 15) is 9.59 Å². The minimum Gasteiger partial charge on any atom is -0.294 e. The fraction of sp³-hybridized carbons (Fsp3) is 0.231. The van der Waals surface area contributed by atoms with Crippen LogP contribution in [0.15, 0.2) is 42.0 Å². The molecule has 2 nitrogen and oxygen atoms in total. The van der Waals surface area contributed by atoms with Crippen LogP contribution in [-0.4, -0.2) is 11.6 Å². The summed E-state index contributed by atoms with van der Waals surface area (Å²) in [6.45, 7) is 1.76. The van der Waals surface area contributed by atoms with Gasteiger partial charge in [0.15, 0.2) is 11.6 Å². The SMILES string of the molecule is CC1=CCC(C(=O)c2ccccc2)C1=O. The normalized spacial score (nSPS) is 20.2. The van der Waals surface area contributed by atoms with E-state index in [0.717, 1.165) is 0 Å². The van der Waals surface area contributed by atoms with E-state index in [1.54, 1.807) is 19.1 Å². The Morgan fingerprint density at radius 3 is 2.47 bits per heavy atom. The zero-order valence-electron chi connectivity index (χ0n) is 8.57. The summed E-state index contributed by atoms with van der Waals surface area (Å²) < 4.78 is 0. The van der Waals surface area contributed by atoms with Gasteiger partial charge in [-0.1, -0.05) is 36.4 Å². The molecule has 1 atom stereocenters. The number of carbonyl (C=O) groups is 2. The van der Waals surface area contributed by atoms with Crippen LogP contribution >= 0.6 is 0 Å². The van der Waals surface area contributed by atoms with Gasteiger partial charge in [0.2, 0.25) is 0 Å². The second-order valence-corrected chi connectivity index (χ2v) is 3.77. The first-order chi connectivity index (χ1) is 7.20. The van der Waals surface area contributed by atoms with Gasteiger partial charge in [0.1, 0.15) is 0 Å². The number of rotatable bonds is 2. The van der Waals surface area contributed by atoms with E-state index in [2.05, 4.69) is 0 Å². The summed E-state index contributed by atoms with van der Waals surface area (Å²) in [5.41, 5.74) is 1.34. The van der Waals surface area contributed by atoms with Gasteiger partial charge in [-0.25, -0.2) is 0 Å². The fourth-order valence-corrected chi connectivity index (χ4v) is 1.81. The third-order valence-corrected chi connectivity index (χ3v) is 2.74. The van der Waals surface area contributed by atoms with Gasteiger partial charge in [-0.2, -0.15) is 0 Å². The fourth-order valence-electron chi connectivity index (χ4n) is 1.81. The highest BCUT2D eigenvalue weighted by atomic mass is 16.2. The number of benzene rings is 1. The maximum absolute atomic E-state index is 11.9.